The van der Waals surface area contributed by atoms with Crippen LogP contribution in [0.5, 0.6) is 0 Å². The van der Waals surface area contributed by atoms with Gasteiger partial charge in [0, 0.05) is 0 Å². The standard InChI is InChI=1S/C11H23O2P/c1-11(2,12)13-8-9-4-6-10(14-3)7-5-9/h9-10,12,14H,4-8H2,1-3H3. The maximum absolute atomic E-state index is 9.43. The zero-order valence-corrected chi connectivity index (χ0v) is 10.5. The Kier molecular flexibility index (Phi) is 4.82. The average molecular weight is 218 g/mol. The predicted octanol–water partition coefficient (Wildman–Crippen LogP) is 2.60. The molecule has 1 N–H and O–H groups in total. The molecule has 0 radical (unpaired) electrons. The third-order valence-electron chi connectivity index (χ3n) is 2.93. The van der Waals surface area contributed by atoms with Gasteiger partial charge >= 0.3 is 0 Å². The van der Waals surface area contributed by atoms with Crippen molar-refractivity contribution >= 4 is 8.58 Å². The number of rotatable bonds is 4. The molecule has 0 aromatic rings. The minimum atomic E-state index is -0.955. The van der Waals surface area contributed by atoms with Gasteiger partial charge in [0.05, 0.1) is 6.61 Å². The van der Waals surface area contributed by atoms with Crippen molar-refractivity contribution in [3.8, 4) is 0 Å². The molecule has 14 heavy (non-hydrogen) atoms. The van der Waals surface area contributed by atoms with Gasteiger partial charge < -0.3 is 9.84 Å². The molecule has 1 saturated carbocycles. The van der Waals surface area contributed by atoms with Gasteiger partial charge in [0.2, 0.25) is 0 Å². The smallest absolute Gasteiger partial charge is 0.159 e. The first-order chi connectivity index (χ1) is 6.51. The summed E-state index contributed by atoms with van der Waals surface area (Å²) in [4.78, 5) is 0. The van der Waals surface area contributed by atoms with Gasteiger partial charge in [-0.3, -0.25) is 0 Å². The van der Waals surface area contributed by atoms with Crippen molar-refractivity contribution in [2.24, 2.45) is 5.92 Å². The SMILES string of the molecule is CPC1CCC(COC(C)(C)O)CC1. The Hall–Kier alpha value is 0.350. The fourth-order valence-corrected chi connectivity index (χ4v) is 2.85. The van der Waals surface area contributed by atoms with Crippen LogP contribution in [0.2, 0.25) is 0 Å². The molecule has 0 bridgehead atoms. The van der Waals surface area contributed by atoms with Gasteiger partial charge in [-0.2, -0.15) is 0 Å². The summed E-state index contributed by atoms with van der Waals surface area (Å²) in [7, 11) is 1.10. The molecule has 1 aliphatic carbocycles. The fourth-order valence-electron chi connectivity index (χ4n) is 1.94. The summed E-state index contributed by atoms with van der Waals surface area (Å²) in [5.74, 6) is -0.280. The van der Waals surface area contributed by atoms with Gasteiger partial charge in [-0.1, -0.05) is 0 Å². The molecule has 1 atom stereocenters. The number of hydrogen-bond donors (Lipinski definition) is 1. The van der Waals surface area contributed by atoms with Crippen LogP contribution in [0.15, 0.2) is 0 Å². The molecule has 1 rings (SSSR count). The normalized spacial score (nSPS) is 30.0. The molecule has 0 heterocycles. The van der Waals surface area contributed by atoms with E-state index in [1.54, 1.807) is 13.8 Å². The highest BCUT2D eigenvalue weighted by Crippen LogP contribution is 2.33. The number of hydrogen-bond acceptors (Lipinski definition) is 2. The number of aliphatic hydroxyl groups is 1. The summed E-state index contributed by atoms with van der Waals surface area (Å²) >= 11 is 0. The van der Waals surface area contributed by atoms with E-state index in [-0.39, 0.29) is 0 Å². The second kappa shape index (κ2) is 5.44. The second-order valence-electron chi connectivity index (χ2n) is 4.76. The van der Waals surface area contributed by atoms with Crippen LogP contribution in [-0.4, -0.2) is 29.8 Å². The molecule has 0 saturated heterocycles. The van der Waals surface area contributed by atoms with Crippen LogP contribution >= 0.6 is 8.58 Å². The average Bonchev–Trinajstić information content (AvgIpc) is 2.14. The molecule has 84 valence electrons. The van der Waals surface area contributed by atoms with E-state index in [1.807, 2.05) is 0 Å². The maximum Gasteiger partial charge on any atom is 0.159 e. The lowest BCUT2D eigenvalue weighted by atomic mass is 9.89. The molecule has 3 heteroatoms. The first-order valence-corrected chi connectivity index (χ1v) is 7.12. The molecule has 2 nitrogen and oxygen atoms in total. The van der Waals surface area contributed by atoms with Crippen molar-refractivity contribution in [3.05, 3.63) is 0 Å². The minimum Gasteiger partial charge on any atom is -0.366 e. The van der Waals surface area contributed by atoms with Gasteiger partial charge in [-0.05, 0) is 57.8 Å². The summed E-state index contributed by atoms with van der Waals surface area (Å²) < 4.78 is 5.40. The van der Waals surface area contributed by atoms with Crippen molar-refractivity contribution in [2.75, 3.05) is 13.3 Å². The Morgan fingerprint density at radius 1 is 1.29 bits per heavy atom. The summed E-state index contributed by atoms with van der Waals surface area (Å²) in [6.45, 7) is 6.43. The lowest BCUT2D eigenvalue weighted by Gasteiger charge is -2.29. The second-order valence-corrected chi connectivity index (χ2v) is 6.16. The van der Waals surface area contributed by atoms with E-state index in [2.05, 4.69) is 6.66 Å². The van der Waals surface area contributed by atoms with Gasteiger partial charge in [-0.25, -0.2) is 0 Å². The highest BCUT2D eigenvalue weighted by atomic mass is 31.1. The first-order valence-electron chi connectivity index (χ1n) is 5.55. The van der Waals surface area contributed by atoms with Crippen LogP contribution < -0.4 is 0 Å². The number of ether oxygens (including phenoxy) is 1. The van der Waals surface area contributed by atoms with E-state index >= 15 is 0 Å². The Morgan fingerprint density at radius 2 is 1.86 bits per heavy atom. The Labute approximate surface area is 89.2 Å². The molecule has 0 aromatic heterocycles. The molecule has 1 aliphatic rings. The molecule has 1 fully saturated rings. The van der Waals surface area contributed by atoms with E-state index in [0.29, 0.717) is 5.92 Å². The Morgan fingerprint density at radius 3 is 2.29 bits per heavy atom. The van der Waals surface area contributed by atoms with Gasteiger partial charge in [0.25, 0.3) is 0 Å². The van der Waals surface area contributed by atoms with Crippen LogP contribution in [-0.2, 0) is 4.74 Å². The summed E-state index contributed by atoms with van der Waals surface area (Å²) in [5, 5.41) is 9.43. The van der Waals surface area contributed by atoms with E-state index < -0.39 is 5.79 Å². The maximum atomic E-state index is 9.43. The summed E-state index contributed by atoms with van der Waals surface area (Å²) in [5.41, 5.74) is 0.966. The van der Waals surface area contributed by atoms with Crippen LogP contribution in [0, 0.1) is 5.92 Å². The quantitative estimate of drug-likeness (QED) is 0.580. The Balaban J connectivity index is 2.16. The predicted molar refractivity (Wildman–Crippen MR) is 62.2 cm³/mol. The first kappa shape index (κ1) is 12.4. The van der Waals surface area contributed by atoms with Crippen molar-refractivity contribution in [3.63, 3.8) is 0 Å². The largest absolute Gasteiger partial charge is 0.366 e. The fraction of sp³-hybridized carbons (Fsp3) is 1.00. The van der Waals surface area contributed by atoms with Crippen molar-refractivity contribution in [1.82, 2.24) is 0 Å². The van der Waals surface area contributed by atoms with Gasteiger partial charge in [-0.15, -0.1) is 8.58 Å². The van der Waals surface area contributed by atoms with E-state index in [0.717, 1.165) is 20.8 Å². The van der Waals surface area contributed by atoms with Crippen molar-refractivity contribution in [2.45, 2.75) is 51.0 Å². The third kappa shape index (κ3) is 4.72. The zero-order chi connectivity index (χ0) is 10.6. The van der Waals surface area contributed by atoms with E-state index in [1.165, 1.54) is 25.7 Å². The monoisotopic (exact) mass is 218 g/mol. The van der Waals surface area contributed by atoms with Crippen molar-refractivity contribution in [1.29, 1.82) is 0 Å². The van der Waals surface area contributed by atoms with E-state index in [9.17, 15) is 5.11 Å². The molecule has 0 spiro atoms. The highest BCUT2D eigenvalue weighted by molar-refractivity contribution is 7.37. The molecule has 0 amide bonds. The van der Waals surface area contributed by atoms with Crippen LogP contribution in [0.1, 0.15) is 39.5 Å². The van der Waals surface area contributed by atoms with Gasteiger partial charge in [0.1, 0.15) is 0 Å². The third-order valence-corrected chi connectivity index (χ3v) is 4.32. The molecule has 0 aromatic carbocycles. The molecule has 1 unspecified atom stereocenters. The topological polar surface area (TPSA) is 29.5 Å². The van der Waals surface area contributed by atoms with Gasteiger partial charge in [0.15, 0.2) is 5.79 Å². The Bertz CT molecular complexity index is 157. The zero-order valence-electron chi connectivity index (χ0n) is 9.55. The van der Waals surface area contributed by atoms with Crippen molar-refractivity contribution < 1.29 is 9.84 Å². The minimum absolute atomic E-state index is 0.675. The summed E-state index contributed by atoms with van der Waals surface area (Å²) in [6.07, 6.45) is 5.27. The molecule has 0 aliphatic heterocycles. The van der Waals surface area contributed by atoms with E-state index in [4.69, 9.17) is 4.74 Å². The lowest BCUT2D eigenvalue weighted by Crippen LogP contribution is -2.28. The van der Waals surface area contributed by atoms with Crippen LogP contribution in [0.3, 0.4) is 0 Å². The molecular formula is C11H23O2P. The highest BCUT2D eigenvalue weighted by Gasteiger charge is 2.22. The summed E-state index contributed by atoms with van der Waals surface area (Å²) in [6, 6.07) is 0. The van der Waals surface area contributed by atoms with Crippen LogP contribution in [0.4, 0.5) is 0 Å². The molecular weight excluding hydrogens is 195 g/mol. The van der Waals surface area contributed by atoms with Crippen LogP contribution in [0.25, 0.3) is 0 Å². The lowest BCUT2D eigenvalue weighted by molar-refractivity contribution is -0.184.